The molecule has 2 amide bonds. The van der Waals surface area contributed by atoms with Crippen LogP contribution in [0, 0.1) is 0 Å². The molecule has 0 radical (unpaired) electrons. The van der Waals surface area contributed by atoms with Crippen molar-refractivity contribution in [2.75, 3.05) is 12.4 Å². The Balaban J connectivity index is 1.80. The van der Waals surface area contributed by atoms with Crippen molar-refractivity contribution in [3.05, 3.63) is 57.5 Å². The molecule has 0 atom stereocenters. The lowest BCUT2D eigenvalue weighted by atomic mass is 10.2. The minimum atomic E-state index is -0.364. The summed E-state index contributed by atoms with van der Waals surface area (Å²) in [4.78, 5) is 23.6. The number of benzene rings is 2. The largest absolute Gasteiger partial charge is 0.496 e. The predicted octanol–water partition coefficient (Wildman–Crippen LogP) is 3.98. The molecule has 0 saturated carbocycles. The number of nitrogens with one attached hydrogen (secondary N) is 2. The molecule has 2 N–H and O–H groups in total. The van der Waals surface area contributed by atoms with E-state index in [0.717, 1.165) is 4.47 Å². The van der Waals surface area contributed by atoms with Crippen LogP contribution in [0.25, 0.3) is 0 Å². The van der Waals surface area contributed by atoms with Crippen LogP contribution in [-0.2, 0) is 9.59 Å². The normalized spacial score (nSPS) is 10.6. The minimum absolute atomic E-state index is 0.0133. The summed E-state index contributed by atoms with van der Waals surface area (Å²) >= 11 is 9.21. The molecule has 0 aliphatic rings. The Morgan fingerprint density at radius 2 is 1.96 bits per heavy atom. The van der Waals surface area contributed by atoms with Crippen LogP contribution in [0.5, 0.6) is 5.75 Å². The fraction of sp³-hybridized carbons (Fsp3) is 0.167. The Morgan fingerprint density at radius 1 is 1.19 bits per heavy atom. The molecule has 0 fully saturated rings. The molecule has 0 spiro atoms. The van der Waals surface area contributed by atoms with Gasteiger partial charge in [-0.05, 0) is 36.4 Å². The summed E-state index contributed by atoms with van der Waals surface area (Å²) in [5.74, 6) is -0.0105. The van der Waals surface area contributed by atoms with Crippen LogP contribution >= 0.6 is 27.5 Å². The van der Waals surface area contributed by atoms with Gasteiger partial charge in [0.25, 0.3) is 0 Å². The third-order valence-electron chi connectivity index (χ3n) is 3.27. The van der Waals surface area contributed by atoms with Gasteiger partial charge in [-0.1, -0.05) is 33.6 Å². The highest BCUT2D eigenvalue weighted by atomic mass is 79.9. The monoisotopic (exact) mass is 437 g/mol. The Bertz CT molecular complexity index is 827. The summed E-state index contributed by atoms with van der Waals surface area (Å²) in [7, 11) is 1.55. The smallest absolute Gasteiger partial charge is 0.240 e. The van der Waals surface area contributed by atoms with Gasteiger partial charge in [0.15, 0.2) is 0 Å². The van der Waals surface area contributed by atoms with Crippen LogP contribution in [0.4, 0.5) is 5.69 Å². The van der Waals surface area contributed by atoms with Gasteiger partial charge in [-0.3, -0.25) is 9.59 Å². The average Bonchev–Trinajstić information content (AvgIpc) is 2.60. The zero-order valence-corrected chi connectivity index (χ0v) is 16.3. The van der Waals surface area contributed by atoms with Gasteiger partial charge in [0.05, 0.1) is 13.3 Å². The van der Waals surface area contributed by atoms with E-state index in [1.807, 2.05) is 12.1 Å². The van der Waals surface area contributed by atoms with Crippen molar-refractivity contribution in [1.29, 1.82) is 0 Å². The molecular weight excluding hydrogens is 422 g/mol. The van der Waals surface area contributed by atoms with Gasteiger partial charge in [-0.25, -0.2) is 5.43 Å². The van der Waals surface area contributed by atoms with Gasteiger partial charge in [0.1, 0.15) is 5.75 Å². The highest BCUT2D eigenvalue weighted by Crippen LogP contribution is 2.21. The van der Waals surface area contributed by atoms with E-state index in [1.165, 1.54) is 6.21 Å². The minimum Gasteiger partial charge on any atom is -0.496 e. The lowest BCUT2D eigenvalue weighted by molar-refractivity contribution is -0.124. The number of hydrogen-bond acceptors (Lipinski definition) is 4. The molecule has 0 aliphatic heterocycles. The van der Waals surface area contributed by atoms with Gasteiger partial charge < -0.3 is 10.1 Å². The number of hydrazone groups is 1. The SMILES string of the molecule is COc1ccc(Br)cc1/C=N/NC(=O)CCC(=O)Nc1cccc(Cl)c1. The molecule has 0 aromatic heterocycles. The van der Waals surface area contributed by atoms with E-state index in [1.54, 1.807) is 37.4 Å². The molecule has 0 aliphatic carbocycles. The second-order valence-corrected chi connectivity index (χ2v) is 6.59. The number of anilines is 1. The van der Waals surface area contributed by atoms with E-state index in [4.69, 9.17) is 16.3 Å². The number of halogens is 2. The summed E-state index contributed by atoms with van der Waals surface area (Å²) in [6.45, 7) is 0. The molecule has 2 aromatic carbocycles. The number of rotatable bonds is 7. The highest BCUT2D eigenvalue weighted by Gasteiger charge is 2.07. The third kappa shape index (κ3) is 6.50. The summed E-state index contributed by atoms with van der Waals surface area (Å²) in [6.07, 6.45) is 1.53. The number of hydrogen-bond donors (Lipinski definition) is 2. The molecule has 0 saturated heterocycles. The van der Waals surface area contributed by atoms with Crippen LogP contribution in [-0.4, -0.2) is 25.1 Å². The van der Waals surface area contributed by atoms with E-state index in [9.17, 15) is 9.59 Å². The Kier molecular flexibility index (Phi) is 7.62. The van der Waals surface area contributed by atoms with E-state index in [0.29, 0.717) is 22.0 Å². The van der Waals surface area contributed by atoms with Gasteiger partial charge >= 0.3 is 0 Å². The number of methoxy groups -OCH3 is 1. The topological polar surface area (TPSA) is 79.8 Å². The molecule has 6 nitrogen and oxygen atoms in total. The number of ether oxygens (including phenoxy) is 1. The van der Waals surface area contributed by atoms with Crippen molar-refractivity contribution in [3.63, 3.8) is 0 Å². The number of carbonyl (C=O) groups excluding carboxylic acids is 2. The standard InChI is InChI=1S/C18H17BrClN3O3/c1-26-16-6-5-13(19)9-12(16)11-21-23-18(25)8-7-17(24)22-15-4-2-3-14(20)10-15/h2-6,9-11H,7-8H2,1H3,(H,22,24)(H,23,25)/b21-11+. The second kappa shape index (κ2) is 9.94. The van der Waals surface area contributed by atoms with Crippen molar-refractivity contribution in [2.45, 2.75) is 12.8 Å². The Morgan fingerprint density at radius 3 is 2.69 bits per heavy atom. The first kappa shape index (κ1) is 19.9. The molecular formula is C18H17BrClN3O3. The van der Waals surface area contributed by atoms with E-state index in [-0.39, 0.29) is 24.7 Å². The quantitative estimate of drug-likeness (QED) is 0.507. The molecule has 0 unspecified atom stereocenters. The summed E-state index contributed by atoms with van der Waals surface area (Å²) < 4.78 is 6.08. The fourth-order valence-corrected chi connectivity index (χ4v) is 2.62. The Labute approximate surface area is 164 Å². The maximum absolute atomic E-state index is 11.9. The van der Waals surface area contributed by atoms with Crippen molar-refractivity contribution >= 4 is 51.2 Å². The molecule has 0 bridgehead atoms. The maximum Gasteiger partial charge on any atom is 0.240 e. The summed E-state index contributed by atoms with van der Waals surface area (Å²) in [5, 5.41) is 7.09. The molecule has 2 aromatic rings. The van der Waals surface area contributed by atoms with E-state index in [2.05, 4.69) is 31.8 Å². The van der Waals surface area contributed by atoms with Gasteiger partial charge in [0.2, 0.25) is 11.8 Å². The van der Waals surface area contributed by atoms with E-state index < -0.39 is 0 Å². The summed E-state index contributed by atoms with van der Waals surface area (Å²) in [5.41, 5.74) is 3.68. The van der Waals surface area contributed by atoms with Crippen LogP contribution < -0.4 is 15.5 Å². The highest BCUT2D eigenvalue weighted by molar-refractivity contribution is 9.10. The predicted molar refractivity (Wildman–Crippen MR) is 106 cm³/mol. The first-order chi connectivity index (χ1) is 12.5. The molecule has 0 heterocycles. The number of nitrogens with zero attached hydrogens (tertiary/aromatic N) is 1. The Hall–Kier alpha value is -2.38. The third-order valence-corrected chi connectivity index (χ3v) is 4.00. The van der Waals surface area contributed by atoms with Gasteiger partial charge in [-0.15, -0.1) is 0 Å². The molecule has 8 heteroatoms. The van der Waals surface area contributed by atoms with Crippen molar-refractivity contribution in [1.82, 2.24) is 5.43 Å². The van der Waals surface area contributed by atoms with Gasteiger partial charge in [0, 0.05) is 33.6 Å². The lowest BCUT2D eigenvalue weighted by Crippen LogP contribution is -2.20. The van der Waals surface area contributed by atoms with Crippen molar-refractivity contribution in [2.24, 2.45) is 5.10 Å². The number of amides is 2. The van der Waals surface area contributed by atoms with Crippen LogP contribution in [0.2, 0.25) is 5.02 Å². The number of carbonyl (C=O) groups is 2. The van der Waals surface area contributed by atoms with Crippen molar-refractivity contribution in [3.8, 4) is 5.75 Å². The molecule has 26 heavy (non-hydrogen) atoms. The van der Waals surface area contributed by atoms with Crippen molar-refractivity contribution < 1.29 is 14.3 Å². The first-order valence-corrected chi connectivity index (χ1v) is 8.86. The molecule has 2 rings (SSSR count). The first-order valence-electron chi connectivity index (χ1n) is 7.69. The fourth-order valence-electron chi connectivity index (χ4n) is 2.05. The van der Waals surface area contributed by atoms with Crippen LogP contribution in [0.15, 0.2) is 52.0 Å². The maximum atomic E-state index is 11.9. The lowest BCUT2D eigenvalue weighted by Gasteiger charge is -2.06. The summed E-state index contributed by atoms with van der Waals surface area (Å²) in [6, 6.07) is 12.2. The molecule has 136 valence electrons. The van der Waals surface area contributed by atoms with Crippen LogP contribution in [0.3, 0.4) is 0 Å². The zero-order chi connectivity index (χ0) is 18.9. The van der Waals surface area contributed by atoms with Gasteiger partial charge in [-0.2, -0.15) is 5.10 Å². The van der Waals surface area contributed by atoms with Crippen LogP contribution in [0.1, 0.15) is 18.4 Å². The zero-order valence-electron chi connectivity index (χ0n) is 14.0. The average molecular weight is 439 g/mol. The second-order valence-electron chi connectivity index (χ2n) is 5.24. The van der Waals surface area contributed by atoms with E-state index >= 15 is 0 Å².